The SMILES string of the molecule is C[C@H]1CN([C@H]2C[C@@H](C(=O)Nc3ccccc3)N(C(=O)/C=C/c3cc(Cl)ccc3-n3cnnn3)C2)CCN1S(N)(=O)=O.O=C(O)C(F)(F)F. The Morgan fingerprint density at radius 1 is 1.10 bits per heavy atom. The summed E-state index contributed by atoms with van der Waals surface area (Å²) in [7, 11) is -3.82. The molecule has 2 fully saturated rings. The molecular formula is C28H31ClF3N9O6S. The van der Waals surface area contributed by atoms with Gasteiger partial charge in [0.15, 0.2) is 0 Å². The number of piperazine rings is 1. The van der Waals surface area contributed by atoms with Crippen molar-refractivity contribution in [1.29, 1.82) is 0 Å². The van der Waals surface area contributed by atoms with Crippen molar-refractivity contribution in [2.45, 2.75) is 37.6 Å². The zero-order chi connectivity index (χ0) is 35.2. The Balaban J connectivity index is 0.000000671. The van der Waals surface area contributed by atoms with E-state index in [0.29, 0.717) is 48.0 Å². The number of carboxylic acid groups (broad SMARTS) is 1. The molecule has 3 atom stereocenters. The van der Waals surface area contributed by atoms with Crippen molar-refractivity contribution < 1.29 is 41.1 Å². The minimum atomic E-state index is -5.08. The number of carboxylic acids is 1. The quantitative estimate of drug-likeness (QED) is 0.304. The third-order valence-corrected chi connectivity index (χ3v) is 9.01. The summed E-state index contributed by atoms with van der Waals surface area (Å²) in [6.45, 7) is 3.20. The maximum atomic E-state index is 13.6. The average Bonchev–Trinajstić information content (AvgIpc) is 3.71. The topological polar surface area (TPSA) is 197 Å². The fourth-order valence-corrected chi connectivity index (χ4v) is 6.48. The lowest BCUT2D eigenvalue weighted by molar-refractivity contribution is -0.192. The van der Waals surface area contributed by atoms with Crippen molar-refractivity contribution in [1.82, 2.24) is 34.3 Å². The number of carbonyl (C=O) groups is 3. The van der Waals surface area contributed by atoms with Crippen molar-refractivity contribution in [2.75, 3.05) is 31.5 Å². The van der Waals surface area contributed by atoms with Crippen LogP contribution in [0, 0.1) is 0 Å². The van der Waals surface area contributed by atoms with E-state index in [0.717, 1.165) is 0 Å². The predicted octanol–water partition coefficient (Wildman–Crippen LogP) is 1.78. The summed E-state index contributed by atoms with van der Waals surface area (Å²) in [4.78, 5) is 39.6. The Morgan fingerprint density at radius 2 is 1.79 bits per heavy atom. The predicted molar refractivity (Wildman–Crippen MR) is 167 cm³/mol. The molecule has 1 aromatic heterocycles. The van der Waals surface area contributed by atoms with Crippen LogP contribution in [-0.4, -0.2) is 116 Å². The maximum Gasteiger partial charge on any atom is 0.490 e. The molecule has 15 nitrogen and oxygen atoms in total. The van der Waals surface area contributed by atoms with Gasteiger partial charge in [-0.2, -0.15) is 30.6 Å². The lowest BCUT2D eigenvalue weighted by Gasteiger charge is -2.40. The van der Waals surface area contributed by atoms with E-state index in [9.17, 15) is 31.2 Å². The zero-order valence-corrected chi connectivity index (χ0v) is 26.8. The second-order valence-electron chi connectivity index (χ2n) is 10.8. The van der Waals surface area contributed by atoms with Crippen LogP contribution in [0.5, 0.6) is 0 Å². The highest BCUT2D eigenvalue weighted by Crippen LogP contribution is 2.27. The number of hydrogen-bond donors (Lipinski definition) is 3. The van der Waals surface area contributed by atoms with Crippen molar-refractivity contribution >= 4 is 51.4 Å². The first-order valence-electron chi connectivity index (χ1n) is 14.3. The van der Waals surface area contributed by atoms with Gasteiger partial charge in [0.2, 0.25) is 11.8 Å². The van der Waals surface area contributed by atoms with Crippen LogP contribution in [0.2, 0.25) is 5.02 Å². The molecule has 2 aliphatic heterocycles. The molecule has 2 amide bonds. The van der Waals surface area contributed by atoms with Gasteiger partial charge in [-0.05, 0) is 60.2 Å². The number of aliphatic carboxylic acids is 1. The molecule has 0 bridgehead atoms. The van der Waals surface area contributed by atoms with E-state index >= 15 is 0 Å². The normalized spacial score (nSPS) is 20.7. The van der Waals surface area contributed by atoms with Gasteiger partial charge in [0.25, 0.3) is 10.2 Å². The van der Waals surface area contributed by atoms with Crippen molar-refractivity contribution in [3.8, 4) is 5.69 Å². The fraction of sp³-hybridized carbons (Fsp3) is 0.357. The first-order valence-corrected chi connectivity index (χ1v) is 16.1. The van der Waals surface area contributed by atoms with Gasteiger partial charge in [-0.25, -0.2) is 9.93 Å². The Bertz CT molecular complexity index is 1750. The molecule has 4 N–H and O–H groups in total. The second-order valence-corrected chi connectivity index (χ2v) is 12.8. The highest BCUT2D eigenvalue weighted by Gasteiger charge is 2.43. The van der Waals surface area contributed by atoms with Crippen molar-refractivity contribution in [3.05, 3.63) is 71.5 Å². The molecule has 5 rings (SSSR count). The van der Waals surface area contributed by atoms with Crippen LogP contribution in [0.3, 0.4) is 0 Å². The minimum absolute atomic E-state index is 0.146. The molecule has 0 spiro atoms. The molecule has 0 aliphatic carbocycles. The first-order chi connectivity index (χ1) is 22.5. The van der Waals surface area contributed by atoms with Crippen LogP contribution in [0.4, 0.5) is 18.9 Å². The van der Waals surface area contributed by atoms with Gasteiger partial charge in [0.05, 0.1) is 5.69 Å². The molecule has 2 aliphatic rings. The monoisotopic (exact) mass is 713 g/mol. The van der Waals surface area contributed by atoms with Crippen LogP contribution in [0.1, 0.15) is 18.9 Å². The molecular weight excluding hydrogens is 683 g/mol. The number of rotatable bonds is 7. The van der Waals surface area contributed by atoms with Crippen LogP contribution in [0.15, 0.2) is 60.9 Å². The number of nitrogens with one attached hydrogen (secondary N) is 1. The lowest BCUT2D eigenvalue weighted by Crippen LogP contribution is -2.58. The van der Waals surface area contributed by atoms with Gasteiger partial charge >= 0.3 is 12.1 Å². The molecule has 0 unspecified atom stereocenters. The second kappa shape index (κ2) is 15.2. The number of aromatic nitrogens is 4. The number of benzene rings is 2. The molecule has 2 saturated heterocycles. The molecule has 48 heavy (non-hydrogen) atoms. The number of nitrogens with zero attached hydrogens (tertiary/aromatic N) is 7. The van der Waals surface area contributed by atoms with Crippen LogP contribution in [-0.2, 0) is 24.6 Å². The molecule has 3 heterocycles. The number of para-hydroxylation sites is 1. The van der Waals surface area contributed by atoms with Gasteiger partial charge in [-0.1, -0.05) is 29.8 Å². The van der Waals surface area contributed by atoms with E-state index in [1.165, 1.54) is 21.4 Å². The summed E-state index contributed by atoms with van der Waals surface area (Å²) in [5, 5.41) is 27.1. The number of likely N-dealkylation sites (tertiary alicyclic amines) is 1. The third-order valence-electron chi connectivity index (χ3n) is 7.58. The Hall–Kier alpha value is -4.43. The summed E-state index contributed by atoms with van der Waals surface area (Å²) in [6.07, 6.45) is -0.217. The van der Waals surface area contributed by atoms with E-state index in [1.807, 2.05) is 18.2 Å². The molecule has 258 valence electrons. The molecule has 3 aromatic rings. The summed E-state index contributed by atoms with van der Waals surface area (Å²) in [5.74, 6) is -3.40. The number of nitrogens with two attached hydrogens (primary N) is 1. The Labute approximate surface area is 277 Å². The zero-order valence-electron chi connectivity index (χ0n) is 25.2. The van der Waals surface area contributed by atoms with Gasteiger partial charge in [0.1, 0.15) is 12.4 Å². The fourth-order valence-electron chi connectivity index (χ4n) is 5.39. The van der Waals surface area contributed by atoms with Crippen LogP contribution >= 0.6 is 11.6 Å². The van der Waals surface area contributed by atoms with Gasteiger partial charge in [-0.3, -0.25) is 14.5 Å². The summed E-state index contributed by atoms with van der Waals surface area (Å²) in [5.41, 5.74) is 1.87. The molecule has 20 heteroatoms. The molecule has 2 aromatic carbocycles. The number of amides is 2. The number of alkyl halides is 3. The maximum absolute atomic E-state index is 13.6. The van der Waals surface area contributed by atoms with E-state index in [2.05, 4.69) is 25.7 Å². The van der Waals surface area contributed by atoms with E-state index < -0.39 is 28.4 Å². The summed E-state index contributed by atoms with van der Waals surface area (Å²) in [6, 6.07) is 13.0. The Kier molecular flexibility index (Phi) is 11.5. The minimum Gasteiger partial charge on any atom is -0.475 e. The smallest absolute Gasteiger partial charge is 0.475 e. The Morgan fingerprint density at radius 3 is 2.38 bits per heavy atom. The van der Waals surface area contributed by atoms with Gasteiger partial charge in [0, 0.05) is 60.6 Å². The highest BCUT2D eigenvalue weighted by atomic mass is 35.5. The van der Waals surface area contributed by atoms with E-state index in [4.69, 9.17) is 26.6 Å². The number of halogens is 4. The highest BCUT2D eigenvalue weighted by molar-refractivity contribution is 7.86. The summed E-state index contributed by atoms with van der Waals surface area (Å²) < 4.78 is 58.4. The first kappa shape index (κ1) is 36.4. The van der Waals surface area contributed by atoms with Crippen molar-refractivity contribution in [3.63, 3.8) is 0 Å². The van der Waals surface area contributed by atoms with E-state index in [1.54, 1.807) is 48.2 Å². The number of hydrogen-bond acceptors (Lipinski definition) is 9. The molecule has 0 saturated carbocycles. The van der Waals surface area contributed by atoms with E-state index in [-0.39, 0.29) is 30.4 Å². The standard InChI is InChI=1S/C26H30ClN9O4S.C2HF3O2/c1-18-15-33(11-12-36(18)41(28,39)40)22-14-24(26(38)30-21-5-3-2-4-6-21)34(16-22)25(37)10-7-19-13-20(27)8-9-23(19)35-17-29-31-32-35;3-2(4,5)1(6)7/h2-10,13,17-18,22,24H,11-12,14-16H2,1H3,(H,30,38)(H2,28,39,40);(H,6,7)/b10-7+;/t18-,22-,24-;/m0./s1. The van der Waals surface area contributed by atoms with Gasteiger partial charge in [-0.15, -0.1) is 5.10 Å². The van der Waals surface area contributed by atoms with Crippen LogP contribution < -0.4 is 10.5 Å². The molecule has 0 radical (unpaired) electrons. The largest absolute Gasteiger partial charge is 0.490 e. The third kappa shape index (κ3) is 9.34. The number of anilines is 1. The number of tetrazole rings is 1. The average molecular weight is 714 g/mol. The van der Waals surface area contributed by atoms with Crippen LogP contribution in [0.25, 0.3) is 11.8 Å². The number of carbonyl (C=O) groups excluding carboxylic acids is 2. The van der Waals surface area contributed by atoms with Crippen molar-refractivity contribution in [2.24, 2.45) is 5.14 Å². The lowest BCUT2D eigenvalue weighted by atomic mass is 10.1. The summed E-state index contributed by atoms with van der Waals surface area (Å²) >= 11 is 6.22. The van der Waals surface area contributed by atoms with Gasteiger partial charge < -0.3 is 15.3 Å².